The summed E-state index contributed by atoms with van der Waals surface area (Å²) in [7, 11) is 0. The number of hydrogen-bond acceptors (Lipinski definition) is 3. The van der Waals surface area contributed by atoms with Gasteiger partial charge in [-0.1, -0.05) is 49.4 Å². The normalized spacial score (nSPS) is 10.5. The van der Waals surface area contributed by atoms with Crippen molar-refractivity contribution in [2.45, 2.75) is 40.0 Å². The number of benzene rings is 2. The average molecular weight is 356 g/mol. The van der Waals surface area contributed by atoms with E-state index in [1.165, 1.54) is 0 Å². The van der Waals surface area contributed by atoms with Gasteiger partial charge in [0.25, 0.3) is 0 Å². The van der Waals surface area contributed by atoms with Gasteiger partial charge in [0.15, 0.2) is 0 Å². The van der Waals surface area contributed by atoms with Crippen molar-refractivity contribution in [3.63, 3.8) is 0 Å². The highest BCUT2D eigenvalue weighted by atomic mass is 16.5. The third kappa shape index (κ3) is 6.50. The van der Waals surface area contributed by atoms with Gasteiger partial charge in [0.2, 0.25) is 0 Å². The molecule has 2 N–H and O–H groups in total. The largest absolute Gasteiger partial charge is 0.377 e. The zero-order valence-corrected chi connectivity index (χ0v) is 15.6. The highest BCUT2D eigenvalue weighted by Gasteiger charge is 2.08. The maximum atomic E-state index is 12.3. The fraction of sp³-hybridized carbons (Fsp3) is 0.381. The number of ether oxygens (including phenoxy) is 2. The summed E-state index contributed by atoms with van der Waals surface area (Å²) in [5.74, 6) is 0. The van der Waals surface area contributed by atoms with Gasteiger partial charge in [-0.3, -0.25) is 0 Å². The second-order valence-electron chi connectivity index (χ2n) is 5.92. The Bertz CT molecular complexity index is 688. The summed E-state index contributed by atoms with van der Waals surface area (Å²) in [4.78, 5) is 12.3. The van der Waals surface area contributed by atoms with Crippen LogP contribution < -0.4 is 10.6 Å². The molecule has 0 heterocycles. The molecular formula is C21H28N2O3. The molecule has 5 nitrogen and oxygen atoms in total. The van der Waals surface area contributed by atoms with E-state index >= 15 is 0 Å². The molecule has 0 aliphatic heterocycles. The van der Waals surface area contributed by atoms with E-state index in [9.17, 15) is 4.79 Å². The number of carbonyl (C=O) groups is 1. The van der Waals surface area contributed by atoms with Crippen LogP contribution in [0, 0.1) is 0 Å². The molecule has 2 aromatic carbocycles. The van der Waals surface area contributed by atoms with E-state index in [1.54, 1.807) is 0 Å². The van der Waals surface area contributed by atoms with Crippen LogP contribution in [-0.2, 0) is 29.2 Å². The van der Waals surface area contributed by atoms with Crippen LogP contribution in [0.2, 0.25) is 0 Å². The number of rotatable bonds is 10. The number of para-hydroxylation sites is 1. The van der Waals surface area contributed by atoms with Crippen LogP contribution >= 0.6 is 0 Å². The van der Waals surface area contributed by atoms with Gasteiger partial charge < -0.3 is 20.1 Å². The molecule has 0 saturated heterocycles. The zero-order valence-electron chi connectivity index (χ0n) is 15.6. The topological polar surface area (TPSA) is 59.6 Å². The van der Waals surface area contributed by atoms with E-state index in [2.05, 4.69) is 17.6 Å². The first-order valence-electron chi connectivity index (χ1n) is 9.09. The minimum Gasteiger partial charge on any atom is -0.377 e. The minimum atomic E-state index is -0.238. The van der Waals surface area contributed by atoms with Crippen molar-refractivity contribution in [3.8, 4) is 0 Å². The molecule has 2 amide bonds. The molecule has 140 valence electrons. The number of amides is 2. The van der Waals surface area contributed by atoms with Gasteiger partial charge >= 0.3 is 6.03 Å². The van der Waals surface area contributed by atoms with Gasteiger partial charge in [-0.2, -0.15) is 0 Å². The first kappa shape index (κ1) is 19.9. The maximum absolute atomic E-state index is 12.3. The highest BCUT2D eigenvalue weighted by molar-refractivity contribution is 5.90. The number of anilines is 1. The zero-order chi connectivity index (χ0) is 18.6. The van der Waals surface area contributed by atoms with E-state index in [0.717, 1.165) is 35.4 Å². The molecule has 0 atom stereocenters. The Labute approximate surface area is 155 Å². The summed E-state index contributed by atoms with van der Waals surface area (Å²) in [6.07, 6.45) is 0.990. The van der Waals surface area contributed by atoms with Crippen molar-refractivity contribution in [1.29, 1.82) is 0 Å². The average Bonchev–Trinajstić information content (AvgIpc) is 2.67. The molecule has 26 heavy (non-hydrogen) atoms. The molecule has 0 aliphatic rings. The van der Waals surface area contributed by atoms with E-state index < -0.39 is 0 Å². The third-order valence-electron chi connectivity index (χ3n) is 3.89. The van der Waals surface area contributed by atoms with E-state index in [1.807, 2.05) is 55.5 Å². The first-order valence-corrected chi connectivity index (χ1v) is 9.09. The van der Waals surface area contributed by atoms with Gasteiger partial charge in [-0.25, -0.2) is 4.79 Å². The molecule has 0 aliphatic carbocycles. The van der Waals surface area contributed by atoms with Crippen LogP contribution in [-0.4, -0.2) is 19.2 Å². The fourth-order valence-corrected chi connectivity index (χ4v) is 2.52. The molecule has 5 heteroatoms. The fourth-order valence-electron chi connectivity index (χ4n) is 2.52. The summed E-state index contributed by atoms with van der Waals surface area (Å²) in [5, 5.41) is 5.82. The SMILES string of the molecule is CCCOCc1ccccc1CNC(=O)Nc1ccccc1COCC. The van der Waals surface area contributed by atoms with Crippen LogP contribution in [0.5, 0.6) is 0 Å². The second kappa shape index (κ2) is 11.3. The van der Waals surface area contributed by atoms with E-state index in [-0.39, 0.29) is 6.03 Å². The van der Waals surface area contributed by atoms with Crippen molar-refractivity contribution < 1.29 is 14.3 Å². The molecule has 2 aromatic rings. The molecule has 0 bridgehead atoms. The summed E-state index contributed by atoms with van der Waals surface area (Å²) >= 11 is 0. The second-order valence-corrected chi connectivity index (χ2v) is 5.92. The van der Waals surface area contributed by atoms with Gasteiger partial charge in [-0.05, 0) is 30.5 Å². The molecule has 0 radical (unpaired) electrons. The number of nitrogens with one attached hydrogen (secondary N) is 2. The van der Waals surface area contributed by atoms with Crippen molar-refractivity contribution in [3.05, 3.63) is 65.2 Å². The van der Waals surface area contributed by atoms with Crippen LogP contribution in [0.3, 0.4) is 0 Å². The Kier molecular flexibility index (Phi) is 8.66. The van der Waals surface area contributed by atoms with Crippen LogP contribution in [0.1, 0.15) is 37.0 Å². The molecular weight excluding hydrogens is 328 g/mol. The lowest BCUT2D eigenvalue weighted by Crippen LogP contribution is -2.29. The van der Waals surface area contributed by atoms with E-state index in [4.69, 9.17) is 9.47 Å². The number of carbonyl (C=O) groups excluding carboxylic acids is 1. The van der Waals surface area contributed by atoms with E-state index in [0.29, 0.717) is 26.4 Å². The molecule has 0 saturated carbocycles. The lowest BCUT2D eigenvalue weighted by Gasteiger charge is -2.14. The van der Waals surface area contributed by atoms with Crippen molar-refractivity contribution >= 4 is 11.7 Å². The Hall–Kier alpha value is -2.37. The summed E-state index contributed by atoms with van der Waals surface area (Å²) < 4.78 is 11.1. The molecule has 2 rings (SSSR count). The Morgan fingerprint density at radius 1 is 0.885 bits per heavy atom. The molecule has 0 fully saturated rings. The predicted octanol–water partition coefficient (Wildman–Crippen LogP) is 4.47. The lowest BCUT2D eigenvalue weighted by molar-refractivity contribution is 0.121. The molecule has 0 spiro atoms. The maximum Gasteiger partial charge on any atom is 0.319 e. The minimum absolute atomic E-state index is 0.238. The van der Waals surface area contributed by atoms with Crippen molar-refractivity contribution in [2.24, 2.45) is 0 Å². The Morgan fingerprint density at radius 2 is 1.54 bits per heavy atom. The van der Waals surface area contributed by atoms with Crippen molar-refractivity contribution in [2.75, 3.05) is 18.5 Å². The standard InChI is InChI=1S/C21H28N2O3/c1-3-13-26-15-18-10-6-5-9-17(18)14-22-21(24)23-20-12-8-7-11-19(20)16-25-4-2/h5-12H,3-4,13-16H2,1-2H3,(H2,22,23,24). The molecule has 0 unspecified atom stereocenters. The number of urea groups is 1. The predicted molar refractivity (Wildman–Crippen MR) is 104 cm³/mol. The van der Waals surface area contributed by atoms with Gasteiger partial charge in [-0.15, -0.1) is 0 Å². The van der Waals surface area contributed by atoms with Crippen LogP contribution in [0.4, 0.5) is 10.5 Å². The number of hydrogen-bond donors (Lipinski definition) is 2. The first-order chi connectivity index (χ1) is 12.7. The lowest BCUT2D eigenvalue weighted by atomic mass is 10.1. The summed E-state index contributed by atoms with van der Waals surface area (Å²) in [5.41, 5.74) is 3.87. The van der Waals surface area contributed by atoms with Gasteiger partial charge in [0.1, 0.15) is 0 Å². The quantitative estimate of drug-likeness (QED) is 0.618. The van der Waals surface area contributed by atoms with Gasteiger partial charge in [0.05, 0.1) is 13.2 Å². The van der Waals surface area contributed by atoms with Gasteiger partial charge in [0, 0.05) is 31.0 Å². The smallest absolute Gasteiger partial charge is 0.319 e. The summed E-state index contributed by atoms with van der Waals surface area (Å²) in [6, 6.07) is 15.4. The Morgan fingerprint density at radius 3 is 2.27 bits per heavy atom. The van der Waals surface area contributed by atoms with Crippen LogP contribution in [0.25, 0.3) is 0 Å². The highest BCUT2D eigenvalue weighted by Crippen LogP contribution is 2.16. The monoisotopic (exact) mass is 356 g/mol. The van der Waals surface area contributed by atoms with Crippen molar-refractivity contribution in [1.82, 2.24) is 5.32 Å². The summed E-state index contributed by atoms with van der Waals surface area (Å²) in [6.45, 7) is 6.89. The Balaban J connectivity index is 1.91. The van der Waals surface area contributed by atoms with Crippen LogP contribution in [0.15, 0.2) is 48.5 Å². The molecule has 0 aromatic heterocycles. The third-order valence-corrected chi connectivity index (χ3v) is 3.89.